The van der Waals surface area contributed by atoms with Crippen LogP contribution in [0.1, 0.15) is 0 Å². The van der Waals surface area contributed by atoms with Crippen molar-refractivity contribution in [1.29, 1.82) is 0 Å². The molecule has 84 valence electrons. The highest BCUT2D eigenvalue weighted by Crippen LogP contribution is 2.26. The first kappa shape index (κ1) is 9.65. The molecule has 0 aliphatic rings. The SMILES string of the molecule is Nc1ccc(Oc2ncnc3[nH]ccc23)cc1. The highest BCUT2D eigenvalue weighted by atomic mass is 16.5. The lowest BCUT2D eigenvalue weighted by molar-refractivity contribution is 0.468. The molecule has 0 radical (unpaired) electrons. The van der Waals surface area contributed by atoms with E-state index < -0.39 is 0 Å². The number of hydrogen-bond acceptors (Lipinski definition) is 4. The van der Waals surface area contributed by atoms with Crippen LogP contribution >= 0.6 is 0 Å². The number of nitrogens with zero attached hydrogens (tertiary/aromatic N) is 2. The van der Waals surface area contributed by atoms with Gasteiger partial charge in [-0.3, -0.25) is 0 Å². The second-order valence-corrected chi connectivity index (χ2v) is 3.59. The molecule has 2 heterocycles. The molecule has 0 unspecified atom stereocenters. The molecule has 0 bridgehead atoms. The highest BCUT2D eigenvalue weighted by molar-refractivity contribution is 5.80. The van der Waals surface area contributed by atoms with Crippen LogP contribution in [0, 0.1) is 0 Å². The van der Waals surface area contributed by atoms with Crippen molar-refractivity contribution in [2.45, 2.75) is 0 Å². The number of anilines is 1. The summed E-state index contributed by atoms with van der Waals surface area (Å²) in [5.74, 6) is 1.22. The Labute approximate surface area is 97.3 Å². The third kappa shape index (κ3) is 1.78. The van der Waals surface area contributed by atoms with Crippen molar-refractivity contribution < 1.29 is 4.74 Å². The van der Waals surface area contributed by atoms with Crippen LogP contribution in [0.15, 0.2) is 42.9 Å². The van der Waals surface area contributed by atoms with Crippen LogP contribution in [0.4, 0.5) is 5.69 Å². The quantitative estimate of drug-likeness (QED) is 0.657. The number of nitrogens with one attached hydrogen (secondary N) is 1. The summed E-state index contributed by atoms with van der Waals surface area (Å²) in [6.45, 7) is 0. The van der Waals surface area contributed by atoms with Crippen molar-refractivity contribution in [3.8, 4) is 11.6 Å². The van der Waals surface area contributed by atoms with Gasteiger partial charge in [0.2, 0.25) is 5.88 Å². The molecule has 0 fully saturated rings. The molecule has 0 aliphatic heterocycles. The average molecular weight is 226 g/mol. The van der Waals surface area contributed by atoms with Gasteiger partial charge in [-0.15, -0.1) is 0 Å². The third-order valence-corrected chi connectivity index (χ3v) is 2.41. The number of aromatic nitrogens is 3. The Morgan fingerprint density at radius 1 is 1.06 bits per heavy atom. The number of H-pyrrole nitrogens is 1. The van der Waals surface area contributed by atoms with Crippen molar-refractivity contribution in [2.24, 2.45) is 0 Å². The van der Waals surface area contributed by atoms with Crippen LogP contribution < -0.4 is 10.5 Å². The van der Waals surface area contributed by atoms with E-state index in [-0.39, 0.29) is 0 Å². The summed E-state index contributed by atoms with van der Waals surface area (Å²) in [4.78, 5) is 11.2. The lowest BCUT2D eigenvalue weighted by atomic mass is 10.3. The van der Waals surface area contributed by atoms with Gasteiger partial charge < -0.3 is 15.5 Å². The summed E-state index contributed by atoms with van der Waals surface area (Å²) < 4.78 is 5.68. The van der Waals surface area contributed by atoms with E-state index in [9.17, 15) is 0 Å². The van der Waals surface area contributed by atoms with Crippen LogP contribution in [-0.2, 0) is 0 Å². The summed E-state index contributed by atoms with van der Waals surface area (Å²) >= 11 is 0. The van der Waals surface area contributed by atoms with Gasteiger partial charge in [0.1, 0.15) is 17.7 Å². The Hall–Kier alpha value is -2.56. The maximum atomic E-state index is 5.68. The van der Waals surface area contributed by atoms with Gasteiger partial charge in [0.05, 0.1) is 5.39 Å². The van der Waals surface area contributed by atoms with Crippen molar-refractivity contribution in [3.05, 3.63) is 42.9 Å². The van der Waals surface area contributed by atoms with E-state index in [2.05, 4.69) is 15.0 Å². The molecule has 2 aromatic heterocycles. The van der Waals surface area contributed by atoms with Gasteiger partial charge in [-0.1, -0.05) is 0 Å². The van der Waals surface area contributed by atoms with Crippen molar-refractivity contribution >= 4 is 16.7 Å². The van der Waals surface area contributed by atoms with E-state index in [0.29, 0.717) is 17.3 Å². The Kier molecular flexibility index (Phi) is 2.15. The number of hydrogen-bond donors (Lipinski definition) is 2. The summed E-state index contributed by atoms with van der Waals surface area (Å²) in [6, 6.07) is 9.05. The number of nitrogen functional groups attached to an aromatic ring is 1. The number of benzene rings is 1. The Bertz CT molecular complexity index is 645. The summed E-state index contributed by atoms with van der Waals surface area (Å²) in [6.07, 6.45) is 3.26. The van der Waals surface area contributed by atoms with E-state index in [1.165, 1.54) is 6.33 Å². The van der Waals surface area contributed by atoms with Gasteiger partial charge in [0.25, 0.3) is 0 Å². The zero-order valence-corrected chi connectivity index (χ0v) is 8.92. The van der Waals surface area contributed by atoms with E-state index in [1.807, 2.05) is 6.07 Å². The first-order valence-electron chi connectivity index (χ1n) is 5.14. The topological polar surface area (TPSA) is 76.8 Å². The monoisotopic (exact) mass is 226 g/mol. The molecule has 0 aliphatic carbocycles. The molecule has 0 saturated heterocycles. The standard InChI is InChI=1S/C12H10N4O/c13-8-1-3-9(4-2-8)17-12-10-5-6-14-11(10)15-7-16-12/h1-7H,13H2,(H,14,15,16). The zero-order chi connectivity index (χ0) is 11.7. The lowest BCUT2D eigenvalue weighted by Crippen LogP contribution is -1.90. The second-order valence-electron chi connectivity index (χ2n) is 3.59. The Balaban J connectivity index is 1.99. The predicted molar refractivity (Wildman–Crippen MR) is 64.8 cm³/mol. The minimum Gasteiger partial charge on any atom is -0.438 e. The number of aromatic amines is 1. The Morgan fingerprint density at radius 3 is 2.71 bits per heavy atom. The third-order valence-electron chi connectivity index (χ3n) is 2.41. The molecule has 3 rings (SSSR count). The van der Waals surface area contributed by atoms with E-state index in [4.69, 9.17) is 10.5 Å². The van der Waals surface area contributed by atoms with Gasteiger partial charge in [-0.25, -0.2) is 9.97 Å². The maximum absolute atomic E-state index is 5.68. The van der Waals surface area contributed by atoms with E-state index in [0.717, 1.165) is 11.0 Å². The molecule has 5 nitrogen and oxygen atoms in total. The van der Waals surface area contributed by atoms with Crippen LogP contribution in [-0.4, -0.2) is 15.0 Å². The van der Waals surface area contributed by atoms with Crippen LogP contribution in [0.3, 0.4) is 0 Å². The molecule has 0 atom stereocenters. The van der Waals surface area contributed by atoms with E-state index in [1.54, 1.807) is 30.5 Å². The van der Waals surface area contributed by atoms with Crippen LogP contribution in [0.2, 0.25) is 0 Å². The van der Waals surface area contributed by atoms with E-state index >= 15 is 0 Å². The number of rotatable bonds is 2. The van der Waals surface area contributed by atoms with Crippen LogP contribution in [0.25, 0.3) is 11.0 Å². The molecule has 0 saturated carbocycles. The molecular weight excluding hydrogens is 216 g/mol. The molecule has 3 aromatic rings. The fraction of sp³-hybridized carbons (Fsp3) is 0. The van der Waals surface area contributed by atoms with Gasteiger partial charge in [-0.05, 0) is 30.3 Å². The lowest BCUT2D eigenvalue weighted by Gasteiger charge is -2.05. The molecule has 0 spiro atoms. The largest absolute Gasteiger partial charge is 0.438 e. The van der Waals surface area contributed by atoms with Crippen molar-refractivity contribution in [3.63, 3.8) is 0 Å². The molecule has 1 aromatic carbocycles. The minimum atomic E-state index is 0.529. The van der Waals surface area contributed by atoms with Gasteiger partial charge in [0, 0.05) is 11.9 Å². The van der Waals surface area contributed by atoms with Gasteiger partial charge in [0.15, 0.2) is 0 Å². The smallest absolute Gasteiger partial charge is 0.231 e. The highest BCUT2D eigenvalue weighted by Gasteiger charge is 2.06. The molecule has 3 N–H and O–H groups in total. The van der Waals surface area contributed by atoms with Crippen LogP contribution in [0.5, 0.6) is 11.6 Å². The number of ether oxygens (including phenoxy) is 1. The average Bonchev–Trinajstić information content (AvgIpc) is 2.81. The molecule has 5 heteroatoms. The summed E-state index contributed by atoms with van der Waals surface area (Å²) in [7, 11) is 0. The number of nitrogens with two attached hydrogens (primary N) is 1. The normalized spacial score (nSPS) is 10.6. The second kappa shape index (κ2) is 3.79. The van der Waals surface area contributed by atoms with Gasteiger partial charge >= 0.3 is 0 Å². The first-order chi connectivity index (χ1) is 8.33. The summed E-state index contributed by atoms with van der Waals surface area (Å²) in [5, 5.41) is 0.851. The fourth-order valence-electron chi connectivity index (χ4n) is 1.58. The predicted octanol–water partition coefficient (Wildman–Crippen LogP) is 2.33. The minimum absolute atomic E-state index is 0.529. The summed E-state index contributed by atoms with van der Waals surface area (Å²) in [5.41, 5.74) is 7.06. The zero-order valence-electron chi connectivity index (χ0n) is 8.92. The Morgan fingerprint density at radius 2 is 1.88 bits per heavy atom. The first-order valence-corrected chi connectivity index (χ1v) is 5.14. The maximum Gasteiger partial charge on any atom is 0.231 e. The molecule has 17 heavy (non-hydrogen) atoms. The molecule has 0 amide bonds. The fourth-order valence-corrected chi connectivity index (χ4v) is 1.58. The van der Waals surface area contributed by atoms with Gasteiger partial charge in [-0.2, -0.15) is 0 Å². The number of fused-ring (bicyclic) bond motifs is 1. The van der Waals surface area contributed by atoms with Crippen molar-refractivity contribution in [2.75, 3.05) is 5.73 Å². The van der Waals surface area contributed by atoms with Crippen molar-refractivity contribution in [1.82, 2.24) is 15.0 Å². The molecular formula is C12H10N4O.